The van der Waals surface area contributed by atoms with Crippen LogP contribution in [0.25, 0.3) is 0 Å². The second kappa shape index (κ2) is 11.7. The molecule has 0 unspecified atom stereocenters. The molecule has 0 amide bonds. The molecule has 6 nitrogen and oxygen atoms in total. The van der Waals surface area contributed by atoms with Gasteiger partial charge in [0.1, 0.15) is 0 Å². The zero-order valence-corrected chi connectivity index (χ0v) is 18.6. The van der Waals surface area contributed by atoms with Gasteiger partial charge in [0.2, 0.25) is 0 Å². The van der Waals surface area contributed by atoms with E-state index in [1.54, 1.807) is 13.3 Å². The second-order valence-electron chi connectivity index (χ2n) is 6.71. The lowest BCUT2D eigenvalue weighted by molar-refractivity contribution is 0.200. The fraction of sp³-hybridized carbons (Fsp3) is 0.429. The lowest BCUT2D eigenvalue weighted by Gasteiger charge is -2.16. The number of halogens is 1. The van der Waals surface area contributed by atoms with Crippen molar-refractivity contribution in [2.45, 2.75) is 44.8 Å². The van der Waals surface area contributed by atoms with Gasteiger partial charge in [-0.2, -0.15) is 0 Å². The lowest BCUT2D eigenvalue weighted by atomic mass is 10.2. The number of aromatic nitrogens is 1. The van der Waals surface area contributed by atoms with Gasteiger partial charge in [-0.1, -0.05) is 12.1 Å². The third-order valence-electron chi connectivity index (χ3n) is 4.67. The summed E-state index contributed by atoms with van der Waals surface area (Å²) >= 11 is 0. The van der Waals surface area contributed by atoms with Gasteiger partial charge in [-0.3, -0.25) is 4.98 Å². The van der Waals surface area contributed by atoms with Crippen LogP contribution in [0, 0.1) is 0 Å². The first-order valence-corrected chi connectivity index (χ1v) is 9.52. The maximum absolute atomic E-state index is 6.07. The fourth-order valence-corrected chi connectivity index (χ4v) is 3.19. The summed E-state index contributed by atoms with van der Waals surface area (Å²) in [7, 11) is 1.66. The molecule has 3 rings (SSSR count). The second-order valence-corrected chi connectivity index (χ2v) is 6.71. The number of ether oxygens (including phenoxy) is 2. The molecule has 152 valence electrons. The molecule has 0 aliphatic heterocycles. The molecule has 1 aromatic carbocycles. The molecule has 1 saturated carbocycles. The molecule has 0 radical (unpaired) electrons. The van der Waals surface area contributed by atoms with E-state index in [4.69, 9.17) is 15.2 Å². The van der Waals surface area contributed by atoms with Crippen LogP contribution < -0.4 is 20.5 Å². The smallest absolute Gasteiger partial charge is 0.188 e. The lowest BCUT2D eigenvalue weighted by Crippen LogP contribution is -2.33. The zero-order valence-electron chi connectivity index (χ0n) is 16.3. The summed E-state index contributed by atoms with van der Waals surface area (Å²) in [4.78, 5) is 8.69. The van der Waals surface area contributed by atoms with Gasteiger partial charge in [-0.05, 0) is 55.5 Å². The van der Waals surface area contributed by atoms with E-state index in [1.165, 1.54) is 12.8 Å². The molecule has 1 aliphatic rings. The van der Waals surface area contributed by atoms with Crippen LogP contribution >= 0.6 is 24.0 Å². The third kappa shape index (κ3) is 6.85. The third-order valence-corrected chi connectivity index (χ3v) is 4.67. The van der Waals surface area contributed by atoms with Crippen molar-refractivity contribution in [2.24, 2.45) is 10.7 Å². The number of nitrogens with zero attached hydrogens (tertiary/aromatic N) is 2. The van der Waals surface area contributed by atoms with Crippen LogP contribution in [-0.2, 0) is 13.0 Å². The first-order chi connectivity index (χ1) is 13.2. The summed E-state index contributed by atoms with van der Waals surface area (Å²) in [5.74, 6) is 1.98. The Hall–Kier alpha value is -2.03. The Bertz CT molecular complexity index is 749. The van der Waals surface area contributed by atoms with Crippen LogP contribution in [0.3, 0.4) is 0 Å². The molecule has 7 heteroatoms. The van der Waals surface area contributed by atoms with Crippen molar-refractivity contribution in [2.75, 3.05) is 13.7 Å². The van der Waals surface area contributed by atoms with Gasteiger partial charge >= 0.3 is 0 Å². The number of benzene rings is 1. The number of aliphatic imine (C=N–C) groups is 1. The van der Waals surface area contributed by atoms with Crippen LogP contribution in [0.4, 0.5) is 0 Å². The minimum Gasteiger partial charge on any atom is -0.493 e. The highest BCUT2D eigenvalue weighted by Gasteiger charge is 2.18. The predicted molar refractivity (Wildman–Crippen MR) is 123 cm³/mol. The molecule has 0 spiro atoms. The SMILES string of the molecule is COc1cc(CN=C(N)NCCc2ccccn2)ccc1OC1CCCC1.I. The average molecular weight is 496 g/mol. The normalized spacial score (nSPS) is 14.4. The number of hydrogen-bond acceptors (Lipinski definition) is 4. The Labute approximate surface area is 184 Å². The molecule has 1 aliphatic carbocycles. The molecule has 28 heavy (non-hydrogen) atoms. The van der Waals surface area contributed by atoms with Crippen LogP contribution in [0.1, 0.15) is 36.9 Å². The Morgan fingerprint density at radius 3 is 2.75 bits per heavy atom. The molecule has 1 fully saturated rings. The van der Waals surface area contributed by atoms with Gasteiger partial charge in [0.15, 0.2) is 17.5 Å². The molecule has 3 N–H and O–H groups in total. The fourth-order valence-electron chi connectivity index (χ4n) is 3.19. The van der Waals surface area contributed by atoms with E-state index in [-0.39, 0.29) is 24.0 Å². The number of hydrogen-bond donors (Lipinski definition) is 2. The van der Waals surface area contributed by atoms with Crippen molar-refractivity contribution in [1.29, 1.82) is 0 Å². The van der Waals surface area contributed by atoms with E-state index in [2.05, 4.69) is 15.3 Å². The summed E-state index contributed by atoms with van der Waals surface area (Å²) < 4.78 is 11.6. The van der Waals surface area contributed by atoms with E-state index >= 15 is 0 Å². The van der Waals surface area contributed by atoms with E-state index in [0.717, 1.165) is 42.0 Å². The molecule has 1 heterocycles. The van der Waals surface area contributed by atoms with Crippen molar-refractivity contribution in [3.05, 3.63) is 53.9 Å². The van der Waals surface area contributed by atoms with Crippen molar-refractivity contribution in [1.82, 2.24) is 10.3 Å². The van der Waals surface area contributed by atoms with E-state index < -0.39 is 0 Å². The summed E-state index contributed by atoms with van der Waals surface area (Å²) in [5.41, 5.74) is 8.01. The number of methoxy groups -OCH3 is 1. The monoisotopic (exact) mass is 496 g/mol. The highest BCUT2D eigenvalue weighted by molar-refractivity contribution is 14.0. The number of guanidine groups is 1. The Morgan fingerprint density at radius 2 is 2.04 bits per heavy atom. The summed E-state index contributed by atoms with van der Waals surface area (Å²) in [5, 5.41) is 3.12. The zero-order chi connectivity index (χ0) is 18.9. The number of nitrogens with two attached hydrogens (primary N) is 1. The summed E-state index contributed by atoms with van der Waals surface area (Å²) in [6.07, 6.45) is 7.63. The predicted octanol–water partition coefficient (Wildman–Crippen LogP) is 3.68. The molecule has 1 aromatic heterocycles. The van der Waals surface area contributed by atoms with Crippen molar-refractivity contribution >= 4 is 29.9 Å². The summed E-state index contributed by atoms with van der Waals surface area (Å²) in [6.45, 7) is 1.19. The van der Waals surface area contributed by atoms with Gasteiger partial charge in [-0.15, -0.1) is 24.0 Å². The maximum Gasteiger partial charge on any atom is 0.188 e. The molecule has 2 aromatic rings. The van der Waals surface area contributed by atoms with E-state index in [9.17, 15) is 0 Å². The Kier molecular flexibility index (Phi) is 9.33. The van der Waals surface area contributed by atoms with Crippen LogP contribution in [0.2, 0.25) is 0 Å². The van der Waals surface area contributed by atoms with Gasteiger partial charge in [0.05, 0.1) is 19.8 Å². The molecular formula is C21H29IN4O2. The first kappa shape index (κ1) is 22.3. The van der Waals surface area contributed by atoms with E-state index in [1.807, 2.05) is 36.4 Å². The topological polar surface area (TPSA) is 81.8 Å². The Balaban J connectivity index is 0.00000280. The quantitative estimate of drug-likeness (QED) is 0.331. The summed E-state index contributed by atoms with van der Waals surface area (Å²) in [6, 6.07) is 11.8. The number of rotatable bonds is 8. The van der Waals surface area contributed by atoms with Gasteiger partial charge in [-0.25, -0.2) is 4.99 Å². The Morgan fingerprint density at radius 1 is 1.21 bits per heavy atom. The van der Waals surface area contributed by atoms with Crippen molar-refractivity contribution in [3.8, 4) is 11.5 Å². The highest BCUT2D eigenvalue weighted by Crippen LogP contribution is 2.32. The van der Waals surface area contributed by atoms with Gasteiger partial charge in [0, 0.05) is 24.9 Å². The number of nitrogens with one attached hydrogen (secondary N) is 1. The largest absolute Gasteiger partial charge is 0.493 e. The highest BCUT2D eigenvalue weighted by atomic mass is 127. The van der Waals surface area contributed by atoms with Crippen LogP contribution in [0.15, 0.2) is 47.6 Å². The molecule has 0 atom stereocenters. The molecular weight excluding hydrogens is 467 g/mol. The van der Waals surface area contributed by atoms with E-state index in [0.29, 0.717) is 25.2 Å². The van der Waals surface area contributed by atoms with Crippen LogP contribution in [0.5, 0.6) is 11.5 Å². The van der Waals surface area contributed by atoms with Crippen LogP contribution in [-0.4, -0.2) is 30.7 Å². The van der Waals surface area contributed by atoms with Gasteiger partial charge < -0.3 is 20.5 Å². The minimum atomic E-state index is 0. The van der Waals surface area contributed by atoms with Crippen molar-refractivity contribution in [3.63, 3.8) is 0 Å². The van der Waals surface area contributed by atoms with Crippen molar-refractivity contribution < 1.29 is 9.47 Å². The molecule has 0 bridgehead atoms. The number of pyridine rings is 1. The standard InChI is InChI=1S/C21H28N4O2.HI/c1-26-20-14-16(9-10-19(20)27-18-7-2-3-8-18)15-25-21(22)24-13-11-17-6-4-5-12-23-17;/h4-6,9-10,12,14,18H,2-3,7-8,11,13,15H2,1H3,(H3,22,24,25);1H. The average Bonchev–Trinajstić information content (AvgIpc) is 3.21. The van der Waals surface area contributed by atoms with Gasteiger partial charge in [0.25, 0.3) is 0 Å². The molecule has 0 saturated heterocycles. The minimum absolute atomic E-state index is 0. The first-order valence-electron chi connectivity index (χ1n) is 9.52. The maximum atomic E-state index is 6.07.